The molecule has 2 saturated heterocycles. The van der Waals surface area contributed by atoms with Gasteiger partial charge in [-0.2, -0.15) is 11.8 Å². The number of fused-ring (bicyclic) bond motifs is 2. The Bertz CT molecular complexity index is 421. The van der Waals surface area contributed by atoms with Crippen LogP contribution in [0.4, 0.5) is 0 Å². The van der Waals surface area contributed by atoms with Crippen LogP contribution in [-0.2, 0) is 9.53 Å². The molecule has 0 radical (unpaired) electrons. The van der Waals surface area contributed by atoms with E-state index in [1.807, 2.05) is 23.9 Å². The summed E-state index contributed by atoms with van der Waals surface area (Å²) in [6.07, 6.45) is 10.9. The molecule has 2 heterocycles. The van der Waals surface area contributed by atoms with Gasteiger partial charge in [-0.1, -0.05) is 25.2 Å². The Kier molecular flexibility index (Phi) is 7.87. The second-order valence-corrected chi connectivity index (χ2v) is 7.93. The van der Waals surface area contributed by atoms with Crippen LogP contribution in [0.15, 0.2) is 24.8 Å². The van der Waals surface area contributed by atoms with Crippen molar-refractivity contribution in [1.82, 2.24) is 0 Å². The normalized spacial score (nSPS) is 30.9. The number of hydrogen-bond acceptors (Lipinski definition) is 4. The average Bonchev–Trinajstić information content (AvgIpc) is 3.13. The molecule has 0 aliphatic carbocycles. The van der Waals surface area contributed by atoms with Crippen LogP contribution < -0.4 is 0 Å². The highest BCUT2D eigenvalue weighted by Crippen LogP contribution is 2.46. The zero-order chi connectivity index (χ0) is 16.7. The first-order valence-corrected chi connectivity index (χ1v) is 10.0. The van der Waals surface area contributed by atoms with Gasteiger partial charge in [-0.3, -0.25) is 4.79 Å². The standard InChI is InChI=1S/C19H30O3S/c1-3-5-6-14(20)7-8-16-17(19-10-9-18(16)22-19)13-15(21)11-12-23-4-2/h3,7-8,14,16-20H,1,4-6,9-13H2,2H3/t14?,16-,17+,18-,19+/m0/s1. The number of Topliss-reactive ketones (excluding diaryl/α,β-unsaturated/α-hetero) is 1. The summed E-state index contributed by atoms with van der Waals surface area (Å²) in [5.74, 6) is 2.94. The minimum atomic E-state index is -0.426. The first-order chi connectivity index (χ1) is 11.2. The van der Waals surface area contributed by atoms with Crippen LogP contribution in [0.3, 0.4) is 0 Å². The number of hydrogen-bond donors (Lipinski definition) is 1. The number of carbonyl (C=O) groups is 1. The molecule has 2 bridgehead atoms. The fourth-order valence-corrected chi connectivity index (χ4v) is 4.34. The number of aliphatic hydroxyl groups is 1. The van der Waals surface area contributed by atoms with Gasteiger partial charge in [0, 0.05) is 30.4 Å². The van der Waals surface area contributed by atoms with Gasteiger partial charge < -0.3 is 9.84 Å². The van der Waals surface area contributed by atoms with Gasteiger partial charge in [0.15, 0.2) is 0 Å². The molecule has 2 aliphatic rings. The van der Waals surface area contributed by atoms with Gasteiger partial charge in [-0.05, 0) is 31.4 Å². The highest BCUT2D eigenvalue weighted by Gasteiger charge is 2.47. The quantitative estimate of drug-likeness (QED) is 0.460. The molecule has 1 N–H and O–H groups in total. The molecule has 1 unspecified atom stereocenters. The maximum Gasteiger partial charge on any atom is 0.134 e. The van der Waals surface area contributed by atoms with E-state index in [-0.39, 0.29) is 18.1 Å². The summed E-state index contributed by atoms with van der Waals surface area (Å²) in [4.78, 5) is 12.2. The highest BCUT2D eigenvalue weighted by atomic mass is 32.2. The van der Waals surface area contributed by atoms with Gasteiger partial charge in [0.2, 0.25) is 0 Å². The molecule has 130 valence electrons. The molecule has 4 heteroatoms. The van der Waals surface area contributed by atoms with Crippen LogP contribution >= 0.6 is 11.8 Å². The van der Waals surface area contributed by atoms with Gasteiger partial charge in [-0.15, -0.1) is 6.58 Å². The third-order valence-electron chi connectivity index (χ3n) is 4.90. The summed E-state index contributed by atoms with van der Waals surface area (Å²) in [5.41, 5.74) is 0. The molecule has 3 nitrogen and oxygen atoms in total. The Morgan fingerprint density at radius 2 is 2.22 bits per heavy atom. The van der Waals surface area contributed by atoms with Gasteiger partial charge >= 0.3 is 0 Å². The van der Waals surface area contributed by atoms with E-state index in [2.05, 4.69) is 19.6 Å². The van der Waals surface area contributed by atoms with Crippen LogP contribution in [0.1, 0.15) is 45.4 Å². The molecule has 0 aromatic heterocycles. The van der Waals surface area contributed by atoms with E-state index in [1.165, 1.54) is 0 Å². The molecule has 23 heavy (non-hydrogen) atoms. The molecule has 0 aromatic carbocycles. The summed E-state index contributed by atoms with van der Waals surface area (Å²) in [5, 5.41) is 9.98. The fourth-order valence-electron chi connectivity index (χ4n) is 3.68. The van der Waals surface area contributed by atoms with E-state index in [0.29, 0.717) is 31.0 Å². The predicted octanol–water partition coefficient (Wildman–Crippen LogP) is 3.77. The van der Waals surface area contributed by atoms with Crippen molar-refractivity contribution in [1.29, 1.82) is 0 Å². The van der Waals surface area contributed by atoms with E-state index >= 15 is 0 Å². The molecule has 0 aromatic rings. The average molecular weight is 339 g/mol. The zero-order valence-electron chi connectivity index (χ0n) is 14.2. The number of thioether (sulfide) groups is 1. The van der Waals surface area contributed by atoms with Crippen molar-refractivity contribution in [3.8, 4) is 0 Å². The number of ketones is 1. The molecule has 0 saturated carbocycles. The van der Waals surface area contributed by atoms with E-state index < -0.39 is 6.10 Å². The first-order valence-electron chi connectivity index (χ1n) is 8.87. The molecular weight excluding hydrogens is 308 g/mol. The Labute approximate surface area is 144 Å². The molecule has 0 spiro atoms. The lowest BCUT2D eigenvalue weighted by atomic mass is 9.76. The largest absolute Gasteiger partial charge is 0.389 e. The van der Waals surface area contributed by atoms with Gasteiger partial charge in [0.25, 0.3) is 0 Å². The van der Waals surface area contributed by atoms with Crippen molar-refractivity contribution in [3.63, 3.8) is 0 Å². The topological polar surface area (TPSA) is 46.5 Å². The fraction of sp³-hybridized carbons (Fsp3) is 0.737. The van der Waals surface area contributed by atoms with E-state index in [4.69, 9.17) is 4.74 Å². The monoisotopic (exact) mass is 338 g/mol. The Balaban J connectivity index is 1.87. The smallest absolute Gasteiger partial charge is 0.134 e. The number of allylic oxidation sites excluding steroid dienone is 1. The molecule has 0 amide bonds. The maximum atomic E-state index is 12.2. The lowest BCUT2D eigenvalue weighted by molar-refractivity contribution is -0.120. The van der Waals surface area contributed by atoms with Crippen LogP contribution in [0.2, 0.25) is 0 Å². The highest BCUT2D eigenvalue weighted by molar-refractivity contribution is 7.99. The summed E-state index contributed by atoms with van der Waals surface area (Å²) < 4.78 is 6.03. The molecule has 2 rings (SSSR count). The Hall–Kier alpha value is -0.580. The maximum absolute atomic E-state index is 12.2. The summed E-state index contributed by atoms with van der Waals surface area (Å²) in [7, 11) is 0. The van der Waals surface area contributed by atoms with E-state index in [0.717, 1.165) is 30.8 Å². The molecule has 2 aliphatic heterocycles. The number of rotatable bonds is 11. The van der Waals surface area contributed by atoms with Gasteiger partial charge in [0.05, 0.1) is 18.3 Å². The summed E-state index contributed by atoms with van der Waals surface area (Å²) in [6, 6.07) is 0. The first kappa shape index (κ1) is 18.8. The molecule has 2 fully saturated rings. The van der Waals surface area contributed by atoms with Gasteiger partial charge in [-0.25, -0.2) is 0 Å². The Morgan fingerprint density at radius 3 is 2.96 bits per heavy atom. The Morgan fingerprint density at radius 1 is 1.43 bits per heavy atom. The van der Waals surface area contributed by atoms with E-state index in [1.54, 1.807) is 0 Å². The molecule has 5 atom stereocenters. The summed E-state index contributed by atoms with van der Waals surface area (Å²) in [6.45, 7) is 5.80. The lowest BCUT2D eigenvalue weighted by Crippen LogP contribution is -2.28. The minimum Gasteiger partial charge on any atom is -0.389 e. The number of carbonyl (C=O) groups excluding carboxylic acids is 1. The van der Waals surface area contributed by atoms with Crippen molar-refractivity contribution < 1.29 is 14.6 Å². The van der Waals surface area contributed by atoms with Crippen molar-refractivity contribution in [2.24, 2.45) is 11.8 Å². The van der Waals surface area contributed by atoms with Crippen LogP contribution in [0.25, 0.3) is 0 Å². The predicted molar refractivity (Wildman–Crippen MR) is 96.7 cm³/mol. The zero-order valence-corrected chi connectivity index (χ0v) is 15.0. The third-order valence-corrected chi connectivity index (χ3v) is 5.80. The van der Waals surface area contributed by atoms with Crippen molar-refractivity contribution in [3.05, 3.63) is 24.8 Å². The van der Waals surface area contributed by atoms with Crippen LogP contribution in [0, 0.1) is 11.8 Å². The van der Waals surface area contributed by atoms with Crippen molar-refractivity contribution in [2.45, 2.75) is 63.8 Å². The lowest BCUT2D eigenvalue weighted by Gasteiger charge is -2.25. The molecular formula is C19H30O3S. The SMILES string of the molecule is C=CCCC(O)C=C[C@H]1[C@@H](CC(=O)CCSCC)[C@H]2CC[C@@H]1O2. The van der Waals surface area contributed by atoms with Crippen molar-refractivity contribution >= 4 is 17.5 Å². The number of aliphatic hydroxyl groups excluding tert-OH is 1. The third kappa shape index (κ3) is 5.47. The minimum absolute atomic E-state index is 0.239. The van der Waals surface area contributed by atoms with Crippen LogP contribution in [-0.4, -0.2) is 40.7 Å². The number of ether oxygens (including phenoxy) is 1. The van der Waals surface area contributed by atoms with E-state index in [9.17, 15) is 9.90 Å². The second kappa shape index (κ2) is 9.65. The summed E-state index contributed by atoms with van der Waals surface area (Å²) >= 11 is 1.83. The van der Waals surface area contributed by atoms with Crippen molar-refractivity contribution in [2.75, 3.05) is 11.5 Å². The second-order valence-electron chi connectivity index (χ2n) is 6.54. The van der Waals surface area contributed by atoms with Gasteiger partial charge in [0.1, 0.15) is 5.78 Å². The van der Waals surface area contributed by atoms with Crippen LogP contribution in [0.5, 0.6) is 0 Å².